The molecule has 2 rings (SSSR count). The average Bonchev–Trinajstić information content (AvgIpc) is 2.89. The van der Waals surface area contributed by atoms with Crippen molar-refractivity contribution in [3.8, 4) is 5.75 Å². The molecule has 0 fully saturated rings. The van der Waals surface area contributed by atoms with Crippen molar-refractivity contribution in [1.82, 2.24) is 14.8 Å². The molecule has 0 radical (unpaired) electrons. The third-order valence-electron chi connectivity index (χ3n) is 2.00. The van der Waals surface area contributed by atoms with Gasteiger partial charge in [-0.15, -0.1) is 0 Å². The van der Waals surface area contributed by atoms with Gasteiger partial charge in [0.25, 0.3) is 5.91 Å². The van der Waals surface area contributed by atoms with Crippen molar-refractivity contribution in [3.05, 3.63) is 42.5 Å². The minimum atomic E-state index is -0.260. The monoisotopic (exact) mass is 262 g/mol. The van der Waals surface area contributed by atoms with Gasteiger partial charge >= 0.3 is 0 Å². The van der Waals surface area contributed by atoms with E-state index in [4.69, 9.17) is 4.74 Å². The van der Waals surface area contributed by atoms with Crippen molar-refractivity contribution in [3.63, 3.8) is 0 Å². The molecule has 1 N–H and O–H groups in total. The molecular weight excluding hydrogens is 252 g/mol. The van der Waals surface area contributed by atoms with Crippen LogP contribution >= 0.6 is 11.5 Å². The molecule has 18 heavy (non-hydrogen) atoms. The lowest BCUT2D eigenvalue weighted by atomic mass is 10.2. The van der Waals surface area contributed by atoms with E-state index in [-0.39, 0.29) is 5.91 Å². The van der Waals surface area contributed by atoms with Crippen molar-refractivity contribution in [2.75, 3.05) is 11.9 Å². The molecule has 0 saturated carbocycles. The Morgan fingerprint density at radius 3 is 2.83 bits per heavy atom. The highest BCUT2D eigenvalue weighted by Gasteiger charge is 2.08. The number of ether oxygens (including phenoxy) is 1. The molecule has 0 aliphatic rings. The highest BCUT2D eigenvalue weighted by Crippen LogP contribution is 2.14. The van der Waals surface area contributed by atoms with Crippen LogP contribution in [0, 0.1) is 0 Å². The predicted molar refractivity (Wildman–Crippen MR) is 67.8 cm³/mol. The molecule has 0 atom stereocenters. The Bertz CT molecular complexity index is 524. The first kappa shape index (κ1) is 12.2. The van der Waals surface area contributed by atoms with Crippen LogP contribution in [-0.4, -0.2) is 27.3 Å². The normalized spacial score (nSPS) is 9.78. The third-order valence-corrected chi connectivity index (χ3v) is 2.52. The van der Waals surface area contributed by atoms with Crippen LogP contribution in [0.1, 0.15) is 10.4 Å². The predicted octanol–water partition coefficient (Wildman–Crippen LogP) is 1.75. The molecule has 6 nitrogen and oxygen atoms in total. The Kier molecular flexibility index (Phi) is 3.98. The lowest BCUT2D eigenvalue weighted by Crippen LogP contribution is -2.11. The molecule has 1 aromatic carbocycles. The summed E-state index contributed by atoms with van der Waals surface area (Å²) in [5, 5.41) is 9.98. The smallest absolute Gasteiger partial charge is 0.257 e. The lowest BCUT2D eigenvalue weighted by molar-refractivity contribution is 0.102. The first-order chi connectivity index (χ1) is 8.79. The number of hydrogen-bond donors (Lipinski definition) is 1. The first-order valence-electron chi connectivity index (χ1n) is 5.10. The number of nitrogens with zero attached hydrogens (tertiary/aromatic N) is 3. The molecule has 1 heterocycles. The Labute approximate surface area is 107 Å². The number of benzene rings is 1. The number of nitrogens with one attached hydrogen (secondary N) is 1. The standard InChI is InChI=1S/C11H10N4O2S/c1-2-7-17-9-5-3-8(4-6-9)10(16)12-11-13-14-15-18-11/h2-6H,1,7H2,(H,12,13,15,16). The Hall–Kier alpha value is -2.28. The Balaban J connectivity index is 2.00. The van der Waals surface area contributed by atoms with E-state index in [0.717, 1.165) is 11.5 Å². The maximum Gasteiger partial charge on any atom is 0.257 e. The van der Waals surface area contributed by atoms with E-state index in [9.17, 15) is 4.79 Å². The van der Waals surface area contributed by atoms with Crippen LogP contribution < -0.4 is 10.1 Å². The van der Waals surface area contributed by atoms with Crippen LogP contribution in [0.2, 0.25) is 0 Å². The maximum atomic E-state index is 11.8. The molecule has 0 aliphatic carbocycles. The molecule has 7 heteroatoms. The number of carbonyl (C=O) groups is 1. The van der Waals surface area contributed by atoms with Crippen LogP contribution in [0.15, 0.2) is 36.9 Å². The number of aromatic nitrogens is 3. The highest BCUT2D eigenvalue weighted by molar-refractivity contribution is 7.09. The maximum absolute atomic E-state index is 11.8. The van der Waals surface area contributed by atoms with Gasteiger partial charge in [-0.25, -0.2) is 0 Å². The zero-order valence-corrected chi connectivity index (χ0v) is 10.2. The molecule has 0 saturated heterocycles. The van der Waals surface area contributed by atoms with Gasteiger partial charge in [-0.2, -0.15) is 0 Å². The summed E-state index contributed by atoms with van der Waals surface area (Å²) in [6, 6.07) is 6.78. The number of amides is 1. The first-order valence-corrected chi connectivity index (χ1v) is 5.87. The Morgan fingerprint density at radius 1 is 1.44 bits per heavy atom. The zero-order valence-electron chi connectivity index (χ0n) is 9.37. The minimum absolute atomic E-state index is 0.260. The van der Waals surface area contributed by atoms with Gasteiger partial charge in [-0.05, 0) is 29.5 Å². The van der Waals surface area contributed by atoms with E-state index in [2.05, 4.69) is 26.7 Å². The van der Waals surface area contributed by atoms with Gasteiger partial charge in [0.2, 0.25) is 5.13 Å². The molecule has 1 aromatic heterocycles. The van der Waals surface area contributed by atoms with Crippen LogP contribution in [0.5, 0.6) is 5.75 Å². The fourth-order valence-electron chi connectivity index (χ4n) is 1.21. The summed E-state index contributed by atoms with van der Waals surface area (Å²) in [5.74, 6) is 0.424. The Morgan fingerprint density at radius 2 is 2.22 bits per heavy atom. The molecule has 0 aliphatic heterocycles. The molecule has 1 amide bonds. The summed E-state index contributed by atoms with van der Waals surface area (Å²) in [5.41, 5.74) is 0.510. The number of anilines is 1. The fourth-order valence-corrected chi connectivity index (χ4v) is 1.57. The summed E-state index contributed by atoms with van der Waals surface area (Å²) in [7, 11) is 0. The van der Waals surface area contributed by atoms with E-state index in [1.54, 1.807) is 30.3 Å². The van der Waals surface area contributed by atoms with E-state index < -0.39 is 0 Å². The largest absolute Gasteiger partial charge is 0.490 e. The van der Waals surface area contributed by atoms with Gasteiger partial charge in [-0.3, -0.25) is 10.1 Å². The van der Waals surface area contributed by atoms with Crippen molar-refractivity contribution in [2.45, 2.75) is 0 Å². The van der Waals surface area contributed by atoms with Gasteiger partial charge in [0.1, 0.15) is 12.4 Å². The summed E-state index contributed by atoms with van der Waals surface area (Å²) >= 11 is 1.02. The van der Waals surface area contributed by atoms with E-state index >= 15 is 0 Å². The highest BCUT2D eigenvalue weighted by atomic mass is 32.1. The van der Waals surface area contributed by atoms with Gasteiger partial charge in [-0.1, -0.05) is 22.2 Å². The van der Waals surface area contributed by atoms with Gasteiger partial charge in [0, 0.05) is 17.1 Å². The van der Waals surface area contributed by atoms with Crippen molar-refractivity contribution in [2.24, 2.45) is 0 Å². The number of carbonyl (C=O) groups excluding carboxylic acids is 1. The second-order valence-electron chi connectivity index (χ2n) is 3.25. The minimum Gasteiger partial charge on any atom is -0.490 e. The summed E-state index contributed by atoms with van der Waals surface area (Å²) in [4.78, 5) is 11.8. The van der Waals surface area contributed by atoms with Crippen molar-refractivity contribution >= 4 is 22.6 Å². The van der Waals surface area contributed by atoms with E-state index in [1.165, 1.54) is 0 Å². The fraction of sp³-hybridized carbons (Fsp3) is 0.0909. The molecule has 0 spiro atoms. The number of hydrogen-bond acceptors (Lipinski definition) is 6. The molecule has 92 valence electrons. The second kappa shape index (κ2) is 5.87. The van der Waals surface area contributed by atoms with E-state index in [0.29, 0.717) is 23.1 Å². The third kappa shape index (κ3) is 3.11. The lowest BCUT2D eigenvalue weighted by Gasteiger charge is -2.04. The van der Waals surface area contributed by atoms with Gasteiger partial charge in [0.15, 0.2) is 0 Å². The van der Waals surface area contributed by atoms with Gasteiger partial charge < -0.3 is 4.74 Å². The zero-order chi connectivity index (χ0) is 12.8. The molecule has 0 unspecified atom stereocenters. The van der Waals surface area contributed by atoms with Crippen LogP contribution in [-0.2, 0) is 0 Å². The van der Waals surface area contributed by atoms with Crippen molar-refractivity contribution < 1.29 is 9.53 Å². The molecular formula is C11H10N4O2S. The summed E-state index contributed by atoms with van der Waals surface area (Å²) < 4.78 is 8.87. The van der Waals surface area contributed by atoms with Crippen LogP contribution in [0.25, 0.3) is 0 Å². The second-order valence-corrected chi connectivity index (χ2v) is 3.98. The number of rotatable bonds is 5. The van der Waals surface area contributed by atoms with Gasteiger partial charge in [0.05, 0.1) is 0 Å². The average molecular weight is 262 g/mol. The van der Waals surface area contributed by atoms with Crippen LogP contribution in [0.3, 0.4) is 0 Å². The molecule has 0 bridgehead atoms. The van der Waals surface area contributed by atoms with Crippen molar-refractivity contribution in [1.29, 1.82) is 0 Å². The quantitative estimate of drug-likeness (QED) is 0.831. The van der Waals surface area contributed by atoms with E-state index in [1.807, 2.05) is 0 Å². The van der Waals surface area contributed by atoms with Crippen LogP contribution in [0.4, 0.5) is 5.13 Å². The topological polar surface area (TPSA) is 77.0 Å². The SMILES string of the molecule is C=CCOc1ccc(C(=O)Nc2nnns2)cc1. The summed E-state index contributed by atoms with van der Waals surface area (Å²) in [6.07, 6.45) is 1.66. The molecule has 2 aromatic rings. The summed E-state index contributed by atoms with van der Waals surface area (Å²) in [6.45, 7) is 3.99.